The van der Waals surface area contributed by atoms with E-state index in [1.165, 1.54) is 22.2 Å². The maximum Gasteiger partial charge on any atom is 0.191 e. The van der Waals surface area contributed by atoms with E-state index in [1.807, 2.05) is 13.8 Å². The molecule has 1 unspecified atom stereocenters. The second-order valence-corrected chi connectivity index (χ2v) is 8.59. The minimum absolute atomic E-state index is 0.229. The van der Waals surface area contributed by atoms with Crippen molar-refractivity contribution in [2.45, 2.75) is 58.3 Å². The Hall–Kier alpha value is -0.930. The van der Waals surface area contributed by atoms with E-state index in [0.717, 1.165) is 16.6 Å². The Morgan fingerprint density at radius 1 is 1.27 bits per heavy atom. The van der Waals surface area contributed by atoms with Crippen LogP contribution in [0.2, 0.25) is 0 Å². The summed E-state index contributed by atoms with van der Waals surface area (Å²) in [5.41, 5.74) is 7.58. The van der Waals surface area contributed by atoms with Crippen LogP contribution in [0, 0.1) is 5.92 Å². The van der Waals surface area contributed by atoms with Gasteiger partial charge in [0.25, 0.3) is 0 Å². The average Bonchev–Trinajstić information content (AvgIpc) is 2.98. The van der Waals surface area contributed by atoms with Crippen molar-refractivity contribution < 1.29 is 14.2 Å². The van der Waals surface area contributed by atoms with Crippen LogP contribution in [0.15, 0.2) is 5.16 Å². The van der Waals surface area contributed by atoms with Crippen molar-refractivity contribution in [3.63, 3.8) is 0 Å². The van der Waals surface area contributed by atoms with Crippen LogP contribution in [-0.4, -0.2) is 41.3 Å². The summed E-state index contributed by atoms with van der Waals surface area (Å²) in [5, 5.41) is 1.67. The molecule has 0 aromatic carbocycles. The van der Waals surface area contributed by atoms with Crippen LogP contribution in [0.1, 0.15) is 38.1 Å². The van der Waals surface area contributed by atoms with Gasteiger partial charge in [0.2, 0.25) is 0 Å². The lowest BCUT2D eigenvalue weighted by Gasteiger charge is -2.26. The number of hydrogen-bond acceptors (Lipinski definition) is 8. The lowest BCUT2D eigenvalue weighted by molar-refractivity contribution is -0.120. The van der Waals surface area contributed by atoms with Crippen molar-refractivity contribution in [1.29, 1.82) is 0 Å². The molecule has 0 amide bonds. The summed E-state index contributed by atoms with van der Waals surface area (Å²) in [4.78, 5) is 11.4. The lowest BCUT2D eigenvalue weighted by Crippen LogP contribution is -2.26. The van der Waals surface area contributed by atoms with Gasteiger partial charge in [-0.3, -0.25) is 0 Å². The highest BCUT2D eigenvalue weighted by Gasteiger charge is 2.27. The predicted molar refractivity (Wildman–Crippen MR) is 107 cm³/mol. The van der Waals surface area contributed by atoms with Crippen LogP contribution in [0.5, 0.6) is 0 Å². The quantitative estimate of drug-likeness (QED) is 0.411. The number of aromatic nitrogens is 2. The highest BCUT2D eigenvalue weighted by Crippen LogP contribution is 2.39. The summed E-state index contributed by atoms with van der Waals surface area (Å²) in [7, 11) is 0. The Bertz CT molecular complexity index is 745. The fraction of sp³-hybridized carbons (Fsp3) is 0.667. The van der Waals surface area contributed by atoms with E-state index in [1.54, 1.807) is 11.3 Å². The van der Waals surface area contributed by atoms with Gasteiger partial charge in [0, 0.05) is 24.5 Å². The molecule has 0 fully saturated rings. The van der Waals surface area contributed by atoms with Gasteiger partial charge in [0.15, 0.2) is 11.4 Å². The first-order valence-electron chi connectivity index (χ1n) is 9.08. The van der Waals surface area contributed by atoms with Gasteiger partial charge in [0.1, 0.15) is 10.6 Å². The number of rotatable bonds is 8. The summed E-state index contributed by atoms with van der Waals surface area (Å²) >= 11 is 3.18. The van der Waals surface area contributed by atoms with Crippen LogP contribution in [0.25, 0.3) is 10.2 Å². The zero-order valence-electron chi connectivity index (χ0n) is 15.8. The minimum Gasteiger partial charge on any atom is -0.383 e. The number of thiophene rings is 1. The molecule has 3 rings (SSSR count). The standard InChI is InChI=1S/C18H27N3O3S2/c1-5-22-14(23-6-2)9-25-18-20-16(19)15-11-7-12(10(3)4)24-8-13(11)26-17(15)21-18/h10,12,14H,5-9H2,1-4H3,(H2,19,20,21). The van der Waals surface area contributed by atoms with Crippen molar-refractivity contribution in [2.24, 2.45) is 5.92 Å². The highest BCUT2D eigenvalue weighted by molar-refractivity contribution is 7.99. The molecule has 0 spiro atoms. The third kappa shape index (κ3) is 4.31. The molecule has 26 heavy (non-hydrogen) atoms. The van der Waals surface area contributed by atoms with Crippen molar-refractivity contribution in [3.8, 4) is 0 Å². The van der Waals surface area contributed by atoms with Gasteiger partial charge >= 0.3 is 0 Å². The molecule has 0 bridgehead atoms. The van der Waals surface area contributed by atoms with E-state index in [0.29, 0.717) is 42.5 Å². The van der Waals surface area contributed by atoms with Gasteiger partial charge in [-0.2, -0.15) is 0 Å². The second kappa shape index (κ2) is 8.84. The Morgan fingerprint density at radius 3 is 2.65 bits per heavy atom. The van der Waals surface area contributed by atoms with Gasteiger partial charge in [-0.25, -0.2) is 9.97 Å². The van der Waals surface area contributed by atoms with Gasteiger partial charge < -0.3 is 19.9 Å². The van der Waals surface area contributed by atoms with Crippen LogP contribution >= 0.6 is 23.1 Å². The molecule has 144 valence electrons. The van der Waals surface area contributed by atoms with E-state index in [9.17, 15) is 0 Å². The number of thioether (sulfide) groups is 1. The molecule has 0 saturated heterocycles. The Labute approximate surface area is 162 Å². The third-order valence-electron chi connectivity index (χ3n) is 4.37. The van der Waals surface area contributed by atoms with Crippen LogP contribution < -0.4 is 5.73 Å². The molecule has 1 aliphatic rings. The third-order valence-corrected chi connectivity index (χ3v) is 6.35. The number of fused-ring (bicyclic) bond motifs is 3. The largest absolute Gasteiger partial charge is 0.383 e. The monoisotopic (exact) mass is 397 g/mol. The predicted octanol–water partition coefficient (Wildman–Crippen LogP) is 3.86. The second-order valence-electron chi connectivity index (χ2n) is 6.52. The molecule has 0 radical (unpaired) electrons. The molecule has 2 aromatic rings. The molecular formula is C18H27N3O3S2. The summed E-state index contributed by atoms with van der Waals surface area (Å²) in [6, 6.07) is 0. The van der Waals surface area contributed by atoms with E-state index < -0.39 is 0 Å². The number of nitrogen functional groups attached to an aromatic ring is 1. The van der Waals surface area contributed by atoms with Crippen molar-refractivity contribution in [2.75, 3.05) is 24.7 Å². The van der Waals surface area contributed by atoms with Crippen molar-refractivity contribution in [3.05, 3.63) is 10.4 Å². The van der Waals surface area contributed by atoms with Gasteiger partial charge in [-0.1, -0.05) is 25.6 Å². The number of hydrogen-bond donors (Lipinski definition) is 1. The molecule has 8 heteroatoms. The summed E-state index contributed by atoms with van der Waals surface area (Å²) in [6.45, 7) is 10.2. The number of nitrogens with two attached hydrogens (primary N) is 1. The number of anilines is 1. The molecule has 1 aliphatic heterocycles. The zero-order chi connectivity index (χ0) is 18.7. The van der Waals surface area contributed by atoms with Gasteiger partial charge in [0.05, 0.1) is 23.8 Å². The first-order chi connectivity index (χ1) is 12.5. The fourth-order valence-corrected chi connectivity index (χ4v) is 5.02. The average molecular weight is 398 g/mol. The summed E-state index contributed by atoms with van der Waals surface area (Å²) in [5.74, 6) is 1.67. The van der Waals surface area contributed by atoms with Crippen LogP contribution in [0.4, 0.5) is 5.82 Å². The maximum absolute atomic E-state index is 6.31. The first kappa shape index (κ1) is 19.8. The molecular weight excluding hydrogens is 370 g/mol. The van der Waals surface area contributed by atoms with Gasteiger partial charge in [-0.15, -0.1) is 11.3 Å². The first-order valence-corrected chi connectivity index (χ1v) is 10.9. The molecule has 6 nitrogen and oxygen atoms in total. The van der Waals surface area contributed by atoms with E-state index in [4.69, 9.17) is 24.9 Å². The van der Waals surface area contributed by atoms with Crippen LogP contribution in [-0.2, 0) is 27.2 Å². The molecule has 3 heterocycles. The van der Waals surface area contributed by atoms with E-state index in [-0.39, 0.29) is 12.4 Å². The molecule has 2 N–H and O–H groups in total. The smallest absolute Gasteiger partial charge is 0.191 e. The lowest BCUT2D eigenvalue weighted by atomic mass is 9.96. The maximum atomic E-state index is 6.31. The van der Waals surface area contributed by atoms with Gasteiger partial charge in [-0.05, 0) is 25.3 Å². The molecule has 1 atom stereocenters. The molecule has 0 saturated carbocycles. The van der Waals surface area contributed by atoms with Crippen molar-refractivity contribution in [1.82, 2.24) is 9.97 Å². The van der Waals surface area contributed by atoms with Crippen LogP contribution in [0.3, 0.4) is 0 Å². The topological polar surface area (TPSA) is 79.5 Å². The highest BCUT2D eigenvalue weighted by atomic mass is 32.2. The van der Waals surface area contributed by atoms with E-state index in [2.05, 4.69) is 18.8 Å². The fourth-order valence-electron chi connectivity index (χ4n) is 3.04. The Balaban J connectivity index is 1.81. The molecule has 0 aliphatic carbocycles. The summed E-state index contributed by atoms with van der Waals surface area (Å²) < 4.78 is 17.1. The normalized spacial score (nSPS) is 17.4. The van der Waals surface area contributed by atoms with E-state index >= 15 is 0 Å². The number of nitrogens with zero attached hydrogens (tertiary/aromatic N) is 2. The molecule has 2 aromatic heterocycles. The zero-order valence-corrected chi connectivity index (χ0v) is 17.4. The SMILES string of the molecule is CCOC(CSc1nc(N)c2c3c(sc2n1)COC(C(C)C)C3)OCC. The number of ether oxygens (including phenoxy) is 3. The Kier molecular flexibility index (Phi) is 6.74. The summed E-state index contributed by atoms with van der Waals surface area (Å²) in [6.07, 6.45) is 0.850. The minimum atomic E-state index is -0.257. The van der Waals surface area contributed by atoms with Crippen molar-refractivity contribution >= 4 is 39.1 Å². The Morgan fingerprint density at radius 2 is 2.00 bits per heavy atom.